The first kappa shape index (κ1) is 11.4. The number of thioether (sulfide) groups is 1. The Labute approximate surface area is 87.9 Å². The fraction of sp³-hybridized carbons (Fsp3) is 0.400. The van der Waals surface area contributed by atoms with Crippen molar-refractivity contribution in [3.05, 3.63) is 23.8 Å². The van der Waals surface area contributed by atoms with E-state index < -0.39 is 6.10 Å². The van der Waals surface area contributed by atoms with Crippen molar-refractivity contribution in [3.63, 3.8) is 0 Å². The van der Waals surface area contributed by atoms with Crippen molar-refractivity contribution in [2.75, 3.05) is 18.1 Å². The Hall–Kier alpha value is -0.710. The predicted molar refractivity (Wildman–Crippen MR) is 59.4 cm³/mol. The first-order chi connectivity index (χ1) is 6.63. The monoisotopic (exact) mass is 213 g/mol. The number of nitrogen functional groups attached to an aromatic ring is 1. The molecule has 0 aliphatic carbocycles. The Morgan fingerprint density at radius 2 is 2.21 bits per heavy atom. The van der Waals surface area contributed by atoms with E-state index >= 15 is 0 Å². The van der Waals surface area contributed by atoms with Gasteiger partial charge >= 0.3 is 0 Å². The van der Waals surface area contributed by atoms with Crippen molar-refractivity contribution < 1.29 is 10.2 Å². The Kier molecular flexibility index (Phi) is 4.25. The molecule has 1 atom stereocenters. The molecule has 4 N–H and O–H groups in total. The Morgan fingerprint density at radius 3 is 2.79 bits per heavy atom. The van der Waals surface area contributed by atoms with Crippen molar-refractivity contribution in [2.24, 2.45) is 0 Å². The minimum atomic E-state index is -0.655. The molecule has 0 amide bonds. The van der Waals surface area contributed by atoms with Gasteiger partial charge in [0.1, 0.15) is 0 Å². The van der Waals surface area contributed by atoms with Crippen LogP contribution < -0.4 is 5.73 Å². The smallest absolute Gasteiger partial charge is 0.0864 e. The normalized spacial score (nSPS) is 12.8. The largest absolute Gasteiger partial charge is 0.399 e. The van der Waals surface area contributed by atoms with Gasteiger partial charge in [0, 0.05) is 16.3 Å². The van der Waals surface area contributed by atoms with Gasteiger partial charge in [-0.25, -0.2) is 0 Å². The fourth-order valence-electron chi connectivity index (χ4n) is 0.983. The van der Waals surface area contributed by atoms with Gasteiger partial charge in [-0.15, -0.1) is 11.8 Å². The maximum Gasteiger partial charge on any atom is 0.0864 e. The zero-order chi connectivity index (χ0) is 10.6. The molecule has 78 valence electrons. The molecule has 1 aromatic rings. The van der Waals surface area contributed by atoms with Crippen LogP contribution in [0.25, 0.3) is 0 Å². The summed E-state index contributed by atoms with van der Waals surface area (Å²) >= 11 is 1.51. The minimum Gasteiger partial charge on any atom is -0.399 e. The molecule has 14 heavy (non-hydrogen) atoms. The number of aliphatic hydroxyl groups excluding tert-OH is 2. The maximum atomic E-state index is 9.15. The van der Waals surface area contributed by atoms with E-state index in [9.17, 15) is 0 Å². The van der Waals surface area contributed by atoms with E-state index in [0.717, 1.165) is 16.1 Å². The van der Waals surface area contributed by atoms with Gasteiger partial charge < -0.3 is 15.9 Å². The van der Waals surface area contributed by atoms with Gasteiger partial charge in [0.15, 0.2) is 0 Å². The zero-order valence-corrected chi connectivity index (χ0v) is 8.92. The molecule has 3 nitrogen and oxygen atoms in total. The third-order valence-corrected chi connectivity index (χ3v) is 3.03. The van der Waals surface area contributed by atoms with Gasteiger partial charge in [-0.2, -0.15) is 0 Å². The standard InChI is InChI=1S/C10H15NO2S/c1-7-4-9(2-3-10(7)11)14-6-8(13)5-12/h2-4,8,12-13H,5-6,11H2,1H3. The lowest BCUT2D eigenvalue weighted by molar-refractivity contribution is 0.113. The van der Waals surface area contributed by atoms with Gasteiger partial charge in [-0.1, -0.05) is 0 Å². The number of hydrogen-bond donors (Lipinski definition) is 3. The quantitative estimate of drug-likeness (QED) is 0.516. The summed E-state index contributed by atoms with van der Waals surface area (Å²) in [7, 11) is 0. The summed E-state index contributed by atoms with van der Waals surface area (Å²) in [6, 6.07) is 5.74. The van der Waals surface area contributed by atoms with E-state index in [4.69, 9.17) is 15.9 Å². The molecule has 0 saturated heterocycles. The minimum absolute atomic E-state index is 0.193. The van der Waals surface area contributed by atoms with Crippen molar-refractivity contribution >= 4 is 17.4 Å². The van der Waals surface area contributed by atoms with E-state index in [1.165, 1.54) is 11.8 Å². The highest BCUT2D eigenvalue weighted by atomic mass is 32.2. The Balaban J connectivity index is 2.55. The highest BCUT2D eigenvalue weighted by Gasteiger charge is 2.03. The lowest BCUT2D eigenvalue weighted by Gasteiger charge is -2.07. The average molecular weight is 213 g/mol. The summed E-state index contributed by atoms with van der Waals surface area (Å²) in [6.07, 6.45) is -0.655. The second-order valence-electron chi connectivity index (χ2n) is 3.17. The summed E-state index contributed by atoms with van der Waals surface area (Å²) < 4.78 is 0. The van der Waals surface area contributed by atoms with Crippen molar-refractivity contribution in [1.82, 2.24) is 0 Å². The number of aliphatic hydroxyl groups is 2. The molecular formula is C10H15NO2S. The van der Waals surface area contributed by atoms with Gasteiger partial charge in [0.2, 0.25) is 0 Å². The molecule has 0 spiro atoms. The van der Waals surface area contributed by atoms with E-state index in [1.807, 2.05) is 25.1 Å². The molecule has 0 aromatic heterocycles. The Morgan fingerprint density at radius 1 is 1.50 bits per heavy atom. The summed E-state index contributed by atoms with van der Waals surface area (Å²) in [5.74, 6) is 0.500. The number of anilines is 1. The molecule has 0 radical (unpaired) electrons. The third kappa shape index (κ3) is 3.21. The highest BCUT2D eigenvalue weighted by Crippen LogP contribution is 2.22. The average Bonchev–Trinajstić information content (AvgIpc) is 2.19. The van der Waals surface area contributed by atoms with Crippen LogP contribution in [0.3, 0.4) is 0 Å². The first-order valence-corrected chi connectivity index (χ1v) is 5.40. The van der Waals surface area contributed by atoms with E-state index in [1.54, 1.807) is 0 Å². The van der Waals surface area contributed by atoms with Crippen LogP contribution in [0.15, 0.2) is 23.1 Å². The van der Waals surface area contributed by atoms with Crippen LogP contribution in [-0.2, 0) is 0 Å². The molecule has 1 unspecified atom stereocenters. The summed E-state index contributed by atoms with van der Waals surface area (Å²) in [6.45, 7) is 1.75. The van der Waals surface area contributed by atoms with Crippen LogP contribution in [0.4, 0.5) is 5.69 Å². The predicted octanol–water partition coefficient (Wildman–Crippen LogP) is 1.02. The number of nitrogens with two attached hydrogens (primary N) is 1. The fourth-order valence-corrected chi connectivity index (χ4v) is 1.90. The van der Waals surface area contributed by atoms with E-state index in [2.05, 4.69) is 0 Å². The Bertz CT molecular complexity index is 304. The van der Waals surface area contributed by atoms with Crippen LogP contribution in [-0.4, -0.2) is 28.7 Å². The van der Waals surface area contributed by atoms with E-state index in [-0.39, 0.29) is 6.61 Å². The van der Waals surface area contributed by atoms with Crippen molar-refractivity contribution in [2.45, 2.75) is 17.9 Å². The van der Waals surface area contributed by atoms with Crippen LogP contribution >= 0.6 is 11.8 Å². The molecule has 1 rings (SSSR count). The van der Waals surface area contributed by atoms with Gasteiger partial charge in [-0.3, -0.25) is 0 Å². The second-order valence-corrected chi connectivity index (χ2v) is 4.26. The molecule has 0 bridgehead atoms. The van der Waals surface area contributed by atoms with Crippen LogP contribution in [0.5, 0.6) is 0 Å². The summed E-state index contributed by atoms with van der Waals surface area (Å²) in [4.78, 5) is 1.06. The lowest BCUT2D eigenvalue weighted by atomic mass is 10.2. The molecule has 1 aromatic carbocycles. The van der Waals surface area contributed by atoms with Gasteiger partial charge in [-0.05, 0) is 30.7 Å². The number of rotatable bonds is 4. The van der Waals surface area contributed by atoms with Crippen LogP contribution in [0.2, 0.25) is 0 Å². The summed E-state index contributed by atoms with van der Waals surface area (Å²) in [5, 5.41) is 17.8. The molecule has 0 aliphatic heterocycles. The molecule has 0 heterocycles. The first-order valence-electron chi connectivity index (χ1n) is 4.41. The van der Waals surface area contributed by atoms with Gasteiger partial charge in [0.25, 0.3) is 0 Å². The number of benzene rings is 1. The number of aryl methyl sites for hydroxylation is 1. The second kappa shape index (κ2) is 5.24. The molecular weight excluding hydrogens is 198 g/mol. The zero-order valence-electron chi connectivity index (χ0n) is 8.10. The lowest BCUT2D eigenvalue weighted by Crippen LogP contribution is -2.14. The number of hydrogen-bond acceptors (Lipinski definition) is 4. The van der Waals surface area contributed by atoms with E-state index in [0.29, 0.717) is 5.75 Å². The highest BCUT2D eigenvalue weighted by molar-refractivity contribution is 7.99. The molecule has 0 saturated carbocycles. The molecule has 0 aliphatic rings. The third-order valence-electron chi connectivity index (χ3n) is 1.89. The van der Waals surface area contributed by atoms with Crippen molar-refractivity contribution in [3.8, 4) is 0 Å². The molecule has 4 heteroatoms. The van der Waals surface area contributed by atoms with Gasteiger partial charge in [0.05, 0.1) is 12.7 Å². The topological polar surface area (TPSA) is 66.5 Å². The van der Waals surface area contributed by atoms with Crippen LogP contribution in [0.1, 0.15) is 5.56 Å². The SMILES string of the molecule is Cc1cc(SCC(O)CO)ccc1N. The maximum absolute atomic E-state index is 9.15. The van der Waals surface area contributed by atoms with Crippen LogP contribution in [0, 0.1) is 6.92 Å². The summed E-state index contributed by atoms with van der Waals surface area (Å²) in [5.41, 5.74) is 7.48. The van der Waals surface area contributed by atoms with Crippen molar-refractivity contribution in [1.29, 1.82) is 0 Å². The molecule has 0 fully saturated rings.